The SMILES string of the molecule is CN(C)CCOCCOCCOCCOCCNC(=O)COCC(=O)O. The summed E-state index contributed by atoms with van der Waals surface area (Å²) in [5.41, 5.74) is 0. The molecule has 10 heteroatoms. The molecule has 0 unspecified atom stereocenters. The van der Waals surface area contributed by atoms with Crippen LogP contribution in [0.2, 0.25) is 0 Å². The van der Waals surface area contributed by atoms with Crippen LogP contribution in [0.15, 0.2) is 0 Å². The van der Waals surface area contributed by atoms with E-state index in [9.17, 15) is 9.59 Å². The molecule has 26 heavy (non-hydrogen) atoms. The van der Waals surface area contributed by atoms with Crippen LogP contribution in [-0.2, 0) is 33.3 Å². The molecule has 0 atom stereocenters. The lowest BCUT2D eigenvalue weighted by Crippen LogP contribution is -2.31. The third-order valence-corrected chi connectivity index (χ3v) is 2.83. The summed E-state index contributed by atoms with van der Waals surface area (Å²) in [6, 6.07) is 0. The maximum Gasteiger partial charge on any atom is 0.329 e. The van der Waals surface area contributed by atoms with Gasteiger partial charge < -0.3 is 39.0 Å². The van der Waals surface area contributed by atoms with Crippen LogP contribution >= 0.6 is 0 Å². The minimum Gasteiger partial charge on any atom is -0.480 e. The first-order valence-corrected chi connectivity index (χ1v) is 8.54. The molecular formula is C16H32N2O8. The highest BCUT2D eigenvalue weighted by molar-refractivity contribution is 5.77. The summed E-state index contributed by atoms with van der Waals surface area (Å²) in [7, 11) is 3.99. The third kappa shape index (κ3) is 20.7. The van der Waals surface area contributed by atoms with Crippen LogP contribution in [0.3, 0.4) is 0 Å². The zero-order valence-electron chi connectivity index (χ0n) is 15.7. The number of carbonyl (C=O) groups excluding carboxylic acids is 1. The van der Waals surface area contributed by atoms with Crippen molar-refractivity contribution >= 4 is 11.9 Å². The number of amides is 1. The number of carbonyl (C=O) groups is 2. The van der Waals surface area contributed by atoms with Crippen molar-refractivity contribution in [2.45, 2.75) is 0 Å². The van der Waals surface area contributed by atoms with E-state index in [1.165, 1.54) is 0 Å². The average molecular weight is 380 g/mol. The maximum atomic E-state index is 11.2. The van der Waals surface area contributed by atoms with E-state index in [4.69, 9.17) is 24.1 Å². The predicted molar refractivity (Wildman–Crippen MR) is 93.3 cm³/mol. The summed E-state index contributed by atoms with van der Waals surface area (Å²) in [5, 5.41) is 10.9. The van der Waals surface area contributed by atoms with E-state index < -0.39 is 12.6 Å². The summed E-state index contributed by atoms with van der Waals surface area (Å²) < 4.78 is 26.0. The zero-order chi connectivity index (χ0) is 19.5. The number of carboxylic acid groups (broad SMARTS) is 1. The van der Waals surface area contributed by atoms with Crippen molar-refractivity contribution in [2.75, 3.05) is 93.3 Å². The van der Waals surface area contributed by atoms with Gasteiger partial charge in [0.25, 0.3) is 0 Å². The topological polar surface area (TPSA) is 116 Å². The van der Waals surface area contributed by atoms with E-state index in [1.807, 2.05) is 14.1 Å². The molecule has 0 aromatic rings. The van der Waals surface area contributed by atoms with E-state index in [1.54, 1.807) is 0 Å². The Balaban J connectivity index is 3.13. The molecule has 1 amide bonds. The van der Waals surface area contributed by atoms with Crippen molar-refractivity contribution in [2.24, 2.45) is 0 Å². The summed E-state index contributed by atoms with van der Waals surface area (Å²) >= 11 is 0. The molecule has 0 aliphatic carbocycles. The van der Waals surface area contributed by atoms with E-state index in [0.29, 0.717) is 59.4 Å². The van der Waals surface area contributed by atoms with Gasteiger partial charge in [-0.15, -0.1) is 0 Å². The smallest absolute Gasteiger partial charge is 0.329 e. The van der Waals surface area contributed by atoms with Gasteiger partial charge >= 0.3 is 5.97 Å². The monoisotopic (exact) mass is 380 g/mol. The Labute approximate surface area is 154 Å². The van der Waals surface area contributed by atoms with Crippen molar-refractivity contribution in [1.82, 2.24) is 10.2 Å². The Kier molecular flexibility index (Phi) is 17.6. The van der Waals surface area contributed by atoms with Crippen LogP contribution in [-0.4, -0.2) is 115 Å². The van der Waals surface area contributed by atoms with Crippen molar-refractivity contribution in [3.8, 4) is 0 Å². The molecule has 0 spiro atoms. The second-order valence-electron chi connectivity index (χ2n) is 5.49. The molecule has 2 N–H and O–H groups in total. The van der Waals surface area contributed by atoms with Gasteiger partial charge in [0.2, 0.25) is 5.91 Å². The highest BCUT2D eigenvalue weighted by Crippen LogP contribution is 1.84. The van der Waals surface area contributed by atoms with Gasteiger partial charge in [-0.05, 0) is 14.1 Å². The lowest BCUT2D eigenvalue weighted by Gasteiger charge is -2.10. The average Bonchev–Trinajstić information content (AvgIpc) is 2.57. The lowest BCUT2D eigenvalue weighted by atomic mass is 10.6. The molecule has 0 aromatic heterocycles. The summed E-state index contributed by atoms with van der Waals surface area (Å²) in [5.74, 6) is -1.49. The van der Waals surface area contributed by atoms with E-state index in [-0.39, 0.29) is 12.5 Å². The number of carboxylic acids is 1. The molecule has 0 bridgehead atoms. The van der Waals surface area contributed by atoms with Crippen LogP contribution in [0, 0.1) is 0 Å². The molecule has 0 aliphatic rings. The molecule has 0 aliphatic heterocycles. The number of hydrogen-bond donors (Lipinski definition) is 2. The van der Waals surface area contributed by atoms with Crippen LogP contribution < -0.4 is 5.32 Å². The Bertz CT molecular complexity index is 355. The first-order valence-electron chi connectivity index (χ1n) is 8.54. The van der Waals surface area contributed by atoms with Gasteiger partial charge in [-0.2, -0.15) is 0 Å². The van der Waals surface area contributed by atoms with E-state index in [0.717, 1.165) is 6.54 Å². The Morgan fingerprint density at radius 3 is 1.77 bits per heavy atom. The normalized spacial score (nSPS) is 11.0. The predicted octanol–water partition coefficient (Wildman–Crippen LogP) is -1.17. The maximum absolute atomic E-state index is 11.2. The Hall–Kier alpha value is -1.30. The van der Waals surface area contributed by atoms with Gasteiger partial charge in [0.05, 0.1) is 52.9 Å². The Morgan fingerprint density at radius 1 is 0.769 bits per heavy atom. The van der Waals surface area contributed by atoms with Gasteiger partial charge in [0.15, 0.2) is 0 Å². The number of rotatable bonds is 19. The number of aliphatic carboxylic acids is 1. The van der Waals surface area contributed by atoms with Crippen LogP contribution in [0.1, 0.15) is 0 Å². The van der Waals surface area contributed by atoms with E-state index in [2.05, 4.69) is 15.0 Å². The number of nitrogens with zero attached hydrogens (tertiary/aromatic N) is 1. The number of likely N-dealkylation sites (N-methyl/N-ethyl adjacent to an activating group) is 1. The molecule has 0 aromatic carbocycles. The fourth-order valence-electron chi connectivity index (χ4n) is 1.55. The summed E-state index contributed by atoms with van der Waals surface area (Å²) in [6.07, 6.45) is 0. The largest absolute Gasteiger partial charge is 0.480 e. The fraction of sp³-hybridized carbons (Fsp3) is 0.875. The third-order valence-electron chi connectivity index (χ3n) is 2.83. The summed E-state index contributed by atoms with van der Waals surface area (Å²) in [4.78, 5) is 23.5. The van der Waals surface area contributed by atoms with Crippen molar-refractivity contribution in [1.29, 1.82) is 0 Å². The second kappa shape index (κ2) is 18.5. The van der Waals surface area contributed by atoms with Crippen LogP contribution in [0.4, 0.5) is 0 Å². The van der Waals surface area contributed by atoms with E-state index >= 15 is 0 Å². The molecule has 0 rings (SSSR count). The Morgan fingerprint density at radius 2 is 1.27 bits per heavy atom. The van der Waals surface area contributed by atoms with Gasteiger partial charge in [-0.3, -0.25) is 4.79 Å². The van der Waals surface area contributed by atoms with Gasteiger partial charge in [0.1, 0.15) is 13.2 Å². The first kappa shape index (κ1) is 24.7. The number of ether oxygens (including phenoxy) is 5. The molecule has 10 nitrogen and oxygen atoms in total. The van der Waals surface area contributed by atoms with Crippen molar-refractivity contribution in [3.05, 3.63) is 0 Å². The lowest BCUT2D eigenvalue weighted by molar-refractivity contribution is -0.143. The molecular weight excluding hydrogens is 348 g/mol. The highest BCUT2D eigenvalue weighted by atomic mass is 16.6. The molecule has 0 saturated carbocycles. The molecule has 0 saturated heterocycles. The minimum absolute atomic E-state index is 0.282. The standard InChI is InChI=1S/C16H32N2O8/c1-18(2)4-6-23-8-10-25-12-11-24-9-7-22-5-3-17-15(19)13-26-14-16(20)21/h3-14H2,1-2H3,(H,17,19)(H,20,21). The van der Waals surface area contributed by atoms with Crippen molar-refractivity contribution < 1.29 is 38.4 Å². The van der Waals surface area contributed by atoms with Crippen molar-refractivity contribution in [3.63, 3.8) is 0 Å². The van der Waals surface area contributed by atoms with Gasteiger partial charge in [-0.1, -0.05) is 0 Å². The second-order valence-corrected chi connectivity index (χ2v) is 5.49. The zero-order valence-corrected chi connectivity index (χ0v) is 15.7. The molecule has 0 heterocycles. The van der Waals surface area contributed by atoms with Crippen LogP contribution in [0.5, 0.6) is 0 Å². The minimum atomic E-state index is -1.11. The fourth-order valence-corrected chi connectivity index (χ4v) is 1.55. The molecule has 0 radical (unpaired) electrons. The molecule has 0 fully saturated rings. The number of nitrogens with one attached hydrogen (secondary N) is 1. The summed E-state index contributed by atoms with van der Waals surface area (Å²) in [6.45, 7) is 4.45. The first-order chi connectivity index (χ1) is 12.5. The highest BCUT2D eigenvalue weighted by Gasteiger charge is 2.02. The molecule has 154 valence electrons. The number of hydrogen-bond acceptors (Lipinski definition) is 8. The quantitative estimate of drug-likeness (QED) is 0.267. The van der Waals surface area contributed by atoms with Gasteiger partial charge in [-0.25, -0.2) is 4.79 Å². The van der Waals surface area contributed by atoms with Gasteiger partial charge in [0, 0.05) is 13.1 Å². The van der Waals surface area contributed by atoms with Crippen LogP contribution in [0.25, 0.3) is 0 Å².